The summed E-state index contributed by atoms with van der Waals surface area (Å²) in [5.41, 5.74) is -2.66. The topological polar surface area (TPSA) is 18.5 Å². The molecule has 190 valence electrons. The lowest BCUT2D eigenvalue weighted by molar-refractivity contribution is -0.187. The van der Waals surface area contributed by atoms with Crippen LogP contribution in [0, 0.1) is 17.5 Å². The molecule has 0 spiro atoms. The molecule has 0 unspecified atom stereocenters. The van der Waals surface area contributed by atoms with Crippen molar-refractivity contribution in [2.24, 2.45) is 0 Å². The highest BCUT2D eigenvalue weighted by Crippen LogP contribution is 2.50. The summed E-state index contributed by atoms with van der Waals surface area (Å²) in [4.78, 5) is 0. The normalized spacial score (nSPS) is 14.1. The maximum atomic E-state index is 15.2. The Morgan fingerprint density at radius 2 is 1.67 bits per heavy atom. The highest BCUT2D eigenvalue weighted by Gasteiger charge is 2.45. The fourth-order valence-electron chi connectivity index (χ4n) is 4.21. The zero-order chi connectivity index (χ0) is 26.3. The summed E-state index contributed by atoms with van der Waals surface area (Å²) in [6.07, 6.45) is -3.21. The van der Waals surface area contributed by atoms with Crippen LogP contribution in [0.25, 0.3) is 11.1 Å². The minimum atomic E-state index is -4.23. The van der Waals surface area contributed by atoms with Gasteiger partial charge in [0.05, 0.1) is 17.7 Å². The number of halogens is 7. The molecule has 0 aromatic heterocycles. The Kier molecular flexibility index (Phi) is 6.77. The number of alkyl halides is 4. The van der Waals surface area contributed by atoms with Crippen LogP contribution in [-0.2, 0) is 24.9 Å². The van der Waals surface area contributed by atoms with E-state index in [9.17, 15) is 17.6 Å². The molecule has 1 aliphatic rings. The molecule has 0 bridgehead atoms. The van der Waals surface area contributed by atoms with Crippen LogP contribution in [0.3, 0.4) is 0 Å². The summed E-state index contributed by atoms with van der Waals surface area (Å²) >= 11 is 0. The van der Waals surface area contributed by atoms with E-state index < -0.39 is 52.8 Å². The second-order valence-corrected chi connectivity index (χ2v) is 8.27. The van der Waals surface area contributed by atoms with Gasteiger partial charge in [-0.3, -0.25) is 0 Å². The molecular formula is C27H21F7O2. The van der Waals surface area contributed by atoms with Crippen molar-refractivity contribution in [3.8, 4) is 22.6 Å². The first kappa shape index (κ1) is 25.6. The minimum Gasteiger partial charge on any atom is -0.491 e. The molecule has 3 aromatic carbocycles. The molecular weight excluding hydrogens is 489 g/mol. The standard InChI is InChI=1S/C27H21F7O2/c1-3-5-6-15-7-8-16(13-20(15)28)27(33,34)36-22-12-10-18-17-9-11-21(35-4-2)24(29)19(17)14-26(31,32)23(18)25(22)30/h3,7-13H,1,4-6,14H2,2H3. The van der Waals surface area contributed by atoms with Gasteiger partial charge in [-0.15, -0.1) is 6.58 Å². The summed E-state index contributed by atoms with van der Waals surface area (Å²) in [6.45, 7) is 5.21. The largest absolute Gasteiger partial charge is 0.491 e. The van der Waals surface area contributed by atoms with Crippen LogP contribution in [0.1, 0.15) is 35.6 Å². The van der Waals surface area contributed by atoms with Gasteiger partial charge in [0.25, 0.3) is 5.92 Å². The molecule has 36 heavy (non-hydrogen) atoms. The summed E-state index contributed by atoms with van der Waals surface area (Å²) in [7, 11) is 0. The van der Waals surface area contributed by atoms with E-state index in [0.717, 1.165) is 24.3 Å². The van der Waals surface area contributed by atoms with Crippen molar-refractivity contribution in [3.63, 3.8) is 0 Å². The van der Waals surface area contributed by atoms with Crippen LogP contribution in [0.15, 0.2) is 55.1 Å². The number of benzene rings is 3. The Balaban J connectivity index is 1.72. The summed E-state index contributed by atoms with van der Waals surface area (Å²) in [5.74, 6) is -8.92. The molecule has 0 aliphatic heterocycles. The van der Waals surface area contributed by atoms with E-state index in [1.54, 1.807) is 13.0 Å². The quantitative estimate of drug-likeness (QED) is 0.225. The van der Waals surface area contributed by atoms with Gasteiger partial charge in [0, 0.05) is 12.0 Å². The Bertz CT molecular complexity index is 1320. The lowest BCUT2D eigenvalue weighted by Crippen LogP contribution is -2.27. The first-order valence-corrected chi connectivity index (χ1v) is 11.1. The smallest absolute Gasteiger partial charge is 0.426 e. The highest BCUT2D eigenvalue weighted by atomic mass is 19.3. The maximum Gasteiger partial charge on any atom is 0.426 e. The zero-order valence-corrected chi connectivity index (χ0v) is 19.1. The van der Waals surface area contributed by atoms with Crippen molar-refractivity contribution in [1.82, 2.24) is 0 Å². The fourth-order valence-corrected chi connectivity index (χ4v) is 4.21. The van der Waals surface area contributed by atoms with Gasteiger partial charge in [0.1, 0.15) is 5.82 Å². The van der Waals surface area contributed by atoms with Gasteiger partial charge < -0.3 is 9.47 Å². The zero-order valence-electron chi connectivity index (χ0n) is 19.1. The molecule has 0 fully saturated rings. The van der Waals surface area contributed by atoms with Crippen molar-refractivity contribution < 1.29 is 40.2 Å². The number of allylic oxidation sites excluding steroid dienone is 1. The van der Waals surface area contributed by atoms with Crippen LogP contribution in [0.4, 0.5) is 30.7 Å². The van der Waals surface area contributed by atoms with Gasteiger partial charge in [-0.2, -0.15) is 8.78 Å². The van der Waals surface area contributed by atoms with Crippen LogP contribution in [0.5, 0.6) is 11.5 Å². The molecule has 0 saturated heterocycles. The summed E-state index contributed by atoms with van der Waals surface area (Å²) in [6, 6.07) is 6.88. The minimum absolute atomic E-state index is 0.00808. The van der Waals surface area contributed by atoms with Crippen LogP contribution in [-0.4, -0.2) is 6.61 Å². The maximum absolute atomic E-state index is 15.2. The molecule has 2 nitrogen and oxygen atoms in total. The number of fused-ring (bicyclic) bond motifs is 3. The van der Waals surface area contributed by atoms with Crippen molar-refractivity contribution >= 4 is 0 Å². The van der Waals surface area contributed by atoms with Gasteiger partial charge in [0.2, 0.25) is 0 Å². The SMILES string of the molecule is C=CCCc1ccc(C(F)(F)Oc2ccc3c(c2F)C(F)(F)Cc2c-3ccc(OCC)c2F)cc1F. The Hall–Kier alpha value is -3.49. The Morgan fingerprint density at radius 1 is 0.972 bits per heavy atom. The first-order chi connectivity index (χ1) is 17.0. The number of rotatable bonds is 8. The summed E-state index contributed by atoms with van der Waals surface area (Å²) < 4.78 is 114. The van der Waals surface area contributed by atoms with Gasteiger partial charge in [-0.1, -0.05) is 18.2 Å². The van der Waals surface area contributed by atoms with E-state index in [4.69, 9.17) is 4.74 Å². The predicted octanol–water partition coefficient (Wildman–Crippen LogP) is 8.06. The molecule has 0 N–H and O–H groups in total. The van der Waals surface area contributed by atoms with Crippen molar-refractivity contribution in [1.29, 1.82) is 0 Å². The predicted molar refractivity (Wildman–Crippen MR) is 120 cm³/mol. The van der Waals surface area contributed by atoms with Crippen LogP contribution in [0.2, 0.25) is 0 Å². The van der Waals surface area contributed by atoms with Gasteiger partial charge in [0.15, 0.2) is 23.1 Å². The Morgan fingerprint density at radius 3 is 2.33 bits per heavy atom. The third-order valence-corrected chi connectivity index (χ3v) is 5.91. The van der Waals surface area contributed by atoms with E-state index in [0.29, 0.717) is 12.5 Å². The number of hydrogen-bond acceptors (Lipinski definition) is 2. The fraction of sp³-hybridized carbons (Fsp3) is 0.259. The summed E-state index contributed by atoms with van der Waals surface area (Å²) in [5, 5.41) is 0. The average Bonchev–Trinajstić information content (AvgIpc) is 2.81. The van der Waals surface area contributed by atoms with E-state index >= 15 is 13.2 Å². The molecule has 4 rings (SSSR count). The van der Waals surface area contributed by atoms with E-state index in [2.05, 4.69) is 11.3 Å². The lowest BCUT2D eigenvalue weighted by Gasteiger charge is -2.30. The number of hydrogen-bond donors (Lipinski definition) is 0. The van der Waals surface area contributed by atoms with Crippen LogP contribution >= 0.6 is 0 Å². The third kappa shape index (κ3) is 4.54. The van der Waals surface area contributed by atoms with E-state index in [1.807, 2.05) is 0 Å². The first-order valence-electron chi connectivity index (χ1n) is 11.1. The van der Waals surface area contributed by atoms with Crippen molar-refractivity contribution in [2.75, 3.05) is 6.61 Å². The van der Waals surface area contributed by atoms with Crippen molar-refractivity contribution in [3.05, 3.63) is 94.8 Å². The second-order valence-electron chi connectivity index (χ2n) is 8.27. The highest BCUT2D eigenvalue weighted by molar-refractivity contribution is 5.76. The molecule has 1 aliphatic carbocycles. The lowest BCUT2D eigenvalue weighted by atomic mass is 9.82. The van der Waals surface area contributed by atoms with Gasteiger partial charge in [-0.05, 0) is 66.8 Å². The number of ether oxygens (including phenoxy) is 2. The van der Waals surface area contributed by atoms with Gasteiger partial charge in [-0.25, -0.2) is 22.0 Å². The molecule has 0 saturated carbocycles. The van der Waals surface area contributed by atoms with E-state index in [1.165, 1.54) is 12.1 Å². The average molecular weight is 510 g/mol. The molecule has 0 atom stereocenters. The molecule has 0 radical (unpaired) electrons. The van der Waals surface area contributed by atoms with Crippen LogP contribution < -0.4 is 9.47 Å². The van der Waals surface area contributed by atoms with Gasteiger partial charge >= 0.3 is 6.11 Å². The Labute approximate surface area is 203 Å². The second kappa shape index (κ2) is 9.52. The third-order valence-electron chi connectivity index (χ3n) is 5.91. The molecule has 0 heterocycles. The number of aryl methyl sites for hydroxylation is 1. The molecule has 0 amide bonds. The van der Waals surface area contributed by atoms with Crippen molar-refractivity contribution in [2.45, 2.75) is 38.2 Å². The van der Waals surface area contributed by atoms with E-state index in [-0.39, 0.29) is 41.0 Å². The monoisotopic (exact) mass is 510 g/mol. The molecule has 3 aromatic rings. The molecule has 9 heteroatoms.